The topological polar surface area (TPSA) is 76.1 Å². The van der Waals surface area contributed by atoms with Gasteiger partial charge < -0.3 is 10.1 Å². The molecule has 0 saturated carbocycles. The van der Waals surface area contributed by atoms with Crippen LogP contribution in [0.2, 0.25) is 0 Å². The van der Waals surface area contributed by atoms with Crippen LogP contribution in [-0.2, 0) is 4.74 Å². The van der Waals surface area contributed by atoms with Crippen molar-refractivity contribution in [2.24, 2.45) is 0 Å². The molecule has 0 unspecified atom stereocenters. The number of nitrogens with one attached hydrogen (secondary N) is 2. The van der Waals surface area contributed by atoms with Crippen molar-refractivity contribution in [3.05, 3.63) is 18.0 Å². The number of carbonyl (C=O) groups excluding carboxylic acids is 1. The summed E-state index contributed by atoms with van der Waals surface area (Å²) in [6.45, 7) is 7.34. The maximum atomic E-state index is 11.5. The molecule has 1 aliphatic heterocycles. The summed E-state index contributed by atoms with van der Waals surface area (Å²) in [5.74, 6) is 0.751. The highest BCUT2D eigenvalue weighted by atomic mass is 16.6. The third-order valence-electron chi connectivity index (χ3n) is 2.54. The first-order valence-electron chi connectivity index (χ1n) is 5.97. The fourth-order valence-electron chi connectivity index (χ4n) is 1.53. The van der Waals surface area contributed by atoms with Gasteiger partial charge in [-0.25, -0.2) is 14.8 Å². The van der Waals surface area contributed by atoms with Crippen molar-refractivity contribution in [1.29, 1.82) is 0 Å². The number of nitrogens with zero attached hydrogens (tertiary/aromatic N) is 2. The summed E-state index contributed by atoms with van der Waals surface area (Å²) >= 11 is 0. The molecule has 1 amide bonds. The van der Waals surface area contributed by atoms with Gasteiger partial charge in [0.1, 0.15) is 5.60 Å². The summed E-state index contributed by atoms with van der Waals surface area (Å²) in [7, 11) is 0. The molecular formula is C12H18N4O2. The van der Waals surface area contributed by atoms with E-state index < -0.39 is 11.7 Å². The average molecular weight is 250 g/mol. The Labute approximate surface area is 106 Å². The van der Waals surface area contributed by atoms with E-state index in [1.165, 1.54) is 0 Å². The lowest BCUT2D eigenvalue weighted by molar-refractivity contribution is 0.0634. The molecule has 0 bridgehead atoms. The standard InChI is InChI=1S/C12H18N4O2/c1-12(2,3)18-11(17)16-10-14-6-9(7-15-10)8-4-13-5-8/h6-8,13H,4-5H2,1-3H3,(H,14,15,16,17). The van der Waals surface area contributed by atoms with Gasteiger partial charge in [0.15, 0.2) is 0 Å². The van der Waals surface area contributed by atoms with E-state index in [2.05, 4.69) is 20.6 Å². The molecule has 1 fully saturated rings. The normalized spacial score (nSPS) is 15.9. The molecule has 6 nitrogen and oxygen atoms in total. The molecule has 1 aromatic heterocycles. The highest BCUT2D eigenvalue weighted by Gasteiger charge is 2.20. The minimum absolute atomic E-state index is 0.264. The fourth-order valence-corrected chi connectivity index (χ4v) is 1.53. The third-order valence-corrected chi connectivity index (χ3v) is 2.54. The van der Waals surface area contributed by atoms with Crippen LogP contribution in [0.4, 0.5) is 10.7 Å². The molecule has 2 heterocycles. The molecule has 0 aromatic carbocycles. The maximum Gasteiger partial charge on any atom is 0.414 e. The molecule has 2 N–H and O–H groups in total. The molecule has 6 heteroatoms. The smallest absolute Gasteiger partial charge is 0.414 e. The third kappa shape index (κ3) is 3.40. The Morgan fingerprint density at radius 2 is 2.00 bits per heavy atom. The Balaban J connectivity index is 1.91. The van der Waals surface area contributed by atoms with Crippen LogP contribution in [0.5, 0.6) is 0 Å². The second-order valence-electron chi connectivity index (χ2n) is 5.32. The van der Waals surface area contributed by atoms with Crippen molar-refractivity contribution < 1.29 is 9.53 Å². The molecule has 0 atom stereocenters. The average Bonchev–Trinajstić information content (AvgIpc) is 2.15. The monoisotopic (exact) mass is 250 g/mol. The Morgan fingerprint density at radius 3 is 2.44 bits per heavy atom. The number of hydrogen-bond donors (Lipinski definition) is 2. The number of rotatable bonds is 2. The van der Waals surface area contributed by atoms with E-state index in [-0.39, 0.29) is 5.95 Å². The summed E-state index contributed by atoms with van der Waals surface area (Å²) in [6.07, 6.45) is 2.94. The zero-order valence-electron chi connectivity index (χ0n) is 10.9. The van der Waals surface area contributed by atoms with E-state index in [1.807, 2.05) is 0 Å². The van der Waals surface area contributed by atoms with Crippen LogP contribution in [0.15, 0.2) is 12.4 Å². The van der Waals surface area contributed by atoms with E-state index in [0.29, 0.717) is 5.92 Å². The molecule has 0 aliphatic carbocycles. The minimum Gasteiger partial charge on any atom is -0.444 e. The molecular weight excluding hydrogens is 232 g/mol. The number of amides is 1. The van der Waals surface area contributed by atoms with Crippen LogP contribution in [0.1, 0.15) is 32.3 Å². The molecule has 2 rings (SSSR count). The molecule has 1 aliphatic rings. The van der Waals surface area contributed by atoms with Gasteiger partial charge in [0.05, 0.1) is 0 Å². The Kier molecular flexibility index (Phi) is 3.47. The predicted molar refractivity (Wildman–Crippen MR) is 67.5 cm³/mol. The van der Waals surface area contributed by atoms with Gasteiger partial charge in [-0.3, -0.25) is 5.32 Å². The number of anilines is 1. The van der Waals surface area contributed by atoms with E-state index in [4.69, 9.17) is 4.74 Å². The second-order valence-corrected chi connectivity index (χ2v) is 5.32. The highest BCUT2D eigenvalue weighted by molar-refractivity contribution is 5.82. The summed E-state index contributed by atoms with van der Waals surface area (Å²) in [4.78, 5) is 19.7. The van der Waals surface area contributed by atoms with Crippen molar-refractivity contribution in [2.45, 2.75) is 32.3 Å². The van der Waals surface area contributed by atoms with Gasteiger partial charge in [-0.2, -0.15) is 0 Å². The van der Waals surface area contributed by atoms with E-state index >= 15 is 0 Å². The first-order valence-corrected chi connectivity index (χ1v) is 5.97. The van der Waals surface area contributed by atoms with Gasteiger partial charge in [-0.1, -0.05) is 0 Å². The number of hydrogen-bond acceptors (Lipinski definition) is 5. The predicted octanol–water partition coefficient (Wildman–Crippen LogP) is 1.51. The quantitative estimate of drug-likeness (QED) is 0.832. The van der Waals surface area contributed by atoms with Crippen LogP contribution in [0.25, 0.3) is 0 Å². The first kappa shape index (κ1) is 12.8. The number of carbonyl (C=O) groups is 1. The summed E-state index contributed by atoms with van der Waals surface area (Å²) in [5, 5.41) is 5.69. The largest absolute Gasteiger partial charge is 0.444 e. The molecule has 1 saturated heterocycles. The van der Waals surface area contributed by atoms with Gasteiger partial charge in [0.25, 0.3) is 0 Å². The van der Waals surface area contributed by atoms with Crippen LogP contribution in [-0.4, -0.2) is 34.8 Å². The van der Waals surface area contributed by atoms with Gasteiger partial charge in [-0.05, 0) is 26.3 Å². The van der Waals surface area contributed by atoms with Crippen molar-refractivity contribution in [3.63, 3.8) is 0 Å². The lowest BCUT2D eigenvalue weighted by Crippen LogP contribution is -2.40. The fraction of sp³-hybridized carbons (Fsp3) is 0.583. The lowest BCUT2D eigenvalue weighted by atomic mass is 9.97. The number of ether oxygens (including phenoxy) is 1. The molecule has 0 spiro atoms. The van der Waals surface area contributed by atoms with Crippen LogP contribution in [0, 0.1) is 0 Å². The van der Waals surface area contributed by atoms with E-state index in [9.17, 15) is 4.79 Å². The highest BCUT2D eigenvalue weighted by Crippen LogP contribution is 2.18. The van der Waals surface area contributed by atoms with Crippen molar-refractivity contribution >= 4 is 12.0 Å². The zero-order chi connectivity index (χ0) is 13.2. The second kappa shape index (κ2) is 4.89. The first-order chi connectivity index (χ1) is 8.44. The van der Waals surface area contributed by atoms with E-state index in [0.717, 1.165) is 18.7 Å². The van der Waals surface area contributed by atoms with E-state index in [1.54, 1.807) is 33.2 Å². The van der Waals surface area contributed by atoms with Crippen LogP contribution >= 0.6 is 0 Å². The maximum absolute atomic E-state index is 11.5. The Morgan fingerprint density at radius 1 is 1.39 bits per heavy atom. The molecule has 0 radical (unpaired) electrons. The van der Waals surface area contributed by atoms with Crippen molar-refractivity contribution in [3.8, 4) is 0 Å². The van der Waals surface area contributed by atoms with Gasteiger partial charge in [-0.15, -0.1) is 0 Å². The van der Waals surface area contributed by atoms with Crippen LogP contribution in [0.3, 0.4) is 0 Å². The molecule has 18 heavy (non-hydrogen) atoms. The van der Waals surface area contributed by atoms with Gasteiger partial charge >= 0.3 is 6.09 Å². The van der Waals surface area contributed by atoms with Crippen molar-refractivity contribution in [2.75, 3.05) is 18.4 Å². The SMILES string of the molecule is CC(C)(C)OC(=O)Nc1ncc(C2CNC2)cn1. The van der Waals surface area contributed by atoms with Gasteiger partial charge in [0.2, 0.25) is 5.95 Å². The summed E-state index contributed by atoms with van der Waals surface area (Å²) < 4.78 is 5.11. The Bertz CT molecular complexity index is 421. The van der Waals surface area contributed by atoms with Gasteiger partial charge in [0, 0.05) is 31.4 Å². The van der Waals surface area contributed by atoms with Crippen molar-refractivity contribution in [1.82, 2.24) is 15.3 Å². The van der Waals surface area contributed by atoms with Crippen LogP contribution < -0.4 is 10.6 Å². The number of aromatic nitrogens is 2. The molecule has 98 valence electrons. The zero-order valence-corrected chi connectivity index (χ0v) is 10.9. The minimum atomic E-state index is -0.541. The summed E-state index contributed by atoms with van der Waals surface area (Å²) in [6, 6.07) is 0. The summed E-state index contributed by atoms with van der Waals surface area (Å²) in [5.41, 5.74) is 0.560. The Hall–Kier alpha value is -1.69. The lowest BCUT2D eigenvalue weighted by Gasteiger charge is -2.26. The molecule has 1 aromatic rings.